The maximum atomic E-state index is 14.3. The van der Waals surface area contributed by atoms with Gasteiger partial charge in [0.05, 0.1) is 7.11 Å². The van der Waals surface area contributed by atoms with Gasteiger partial charge in [-0.1, -0.05) is 12.1 Å². The number of carbonyl (C=O) groups excluding carboxylic acids is 1. The number of rotatable bonds is 4. The molecule has 29 heavy (non-hydrogen) atoms. The van der Waals surface area contributed by atoms with E-state index < -0.39 is 11.4 Å². The fourth-order valence-corrected chi connectivity index (χ4v) is 2.97. The Morgan fingerprint density at radius 1 is 1.21 bits per heavy atom. The summed E-state index contributed by atoms with van der Waals surface area (Å²) in [5, 5.41) is 0. The number of benzene rings is 1. The SMILES string of the molecule is COc1cccc(F)c1Oc1ncccc1C1=CCN(C(=O)OC(C)(C)C)CC1. The number of aromatic nitrogens is 1. The van der Waals surface area contributed by atoms with Crippen LogP contribution in [0.5, 0.6) is 17.4 Å². The molecule has 0 fully saturated rings. The number of hydrogen-bond donors (Lipinski definition) is 0. The van der Waals surface area contributed by atoms with Crippen molar-refractivity contribution in [2.75, 3.05) is 20.2 Å². The molecular weight excluding hydrogens is 375 g/mol. The number of hydrogen-bond acceptors (Lipinski definition) is 5. The smallest absolute Gasteiger partial charge is 0.410 e. The van der Waals surface area contributed by atoms with Crippen LogP contribution >= 0.6 is 0 Å². The van der Waals surface area contributed by atoms with Gasteiger partial charge in [-0.3, -0.25) is 0 Å². The largest absolute Gasteiger partial charge is 0.493 e. The van der Waals surface area contributed by atoms with Gasteiger partial charge in [-0.25, -0.2) is 14.2 Å². The minimum atomic E-state index is -0.537. The summed E-state index contributed by atoms with van der Waals surface area (Å²) in [4.78, 5) is 18.2. The molecule has 0 spiro atoms. The van der Waals surface area contributed by atoms with Crippen molar-refractivity contribution in [3.8, 4) is 17.4 Å². The molecule has 3 rings (SSSR count). The van der Waals surface area contributed by atoms with E-state index in [0.717, 1.165) is 11.1 Å². The van der Waals surface area contributed by atoms with Gasteiger partial charge in [-0.15, -0.1) is 0 Å². The van der Waals surface area contributed by atoms with Crippen LogP contribution in [0.1, 0.15) is 32.8 Å². The van der Waals surface area contributed by atoms with Gasteiger partial charge in [-0.05, 0) is 57.0 Å². The first-order valence-corrected chi connectivity index (χ1v) is 9.41. The Morgan fingerprint density at radius 2 is 2.00 bits per heavy atom. The zero-order valence-electron chi connectivity index (χ0n) is 17.1. The van der Waals surface area contributed by atoms with Gasteiger partial charge in [0.25, 0.3) is 0 Å². The highest BCUT2D eigenvalue weighted by molar-refractivity contribution is 5.74. The lowest BCUT2D eigenvalue weighted by molar-refractivity contribution is 0.0270. The average molecular weight is 400 g/mol. The lowest BCUT2D eigenvalue weighted by atomic mass is 10.0. The molecule has 1 aromatic carbocycles. The van der Waals surface area contributed by atoms with Crippen molar-refractivity contribution >= 4 is 11.7 Å². The van der Waals surface area contributed by atoms with Crippen molar-refractivity contribution in [3.63, 3.8) is 0 Å². The molecule has 0 saturated heterocycles. The zero-order chi connectivity index (χ0) is 21.0. The lowest BCUT2D eigenvalue weighted by Crippen LogP contribution is -2.39. The molecule has 0 radical (unpaired) electrons. The summed E-state index contributed by atoms with van der Waals surface area (Å²) >= 11 is 0. The van der Waals surface area contributed by atoms with Crippen molar-refractivity contribution in [2.24, 2.45) is 0 Å². The topological polar surface area (TPSA) is 60.9 Å². The van der Waals surface area contributed by atoms with E-state index in [1.807, 2.05) is 32.9 Å². The number of pyridine rings is 1. The van der Waals surface area contributed by atoms with Crippen molar-refractivity contribution in [1.29, 1.82) is 0 Å². The summed E-state index contributed by atoms with van der Waals surface area (Å²) in [6, 6.07) is 8.14. The molecule has 154 valence electrons. The Kier molecular flexibility index (Phi) is 6.06. The van der Waals surface area contributed by atoms with Crippen molar-refractivity contribution < 1.29 is 23.4 Å². The molecule has 0 atom stereocenters. The molecule has 2 heterocycles. The minimum Gasteiger partial charge on any atom is -0.493 e. The molecule has 1 aliphatic heterocycles. The molecule has 1 aliphatic rings. The summed E-state index contributed by atoms with van der Waals surface area (Å²) in [6.07, 6.45) is 3.79. The van der Waals surface area contributed by atoms with E-state index in [-0.39, 0.29) is 23.5 Å². The number of amides is 1. The molecule has 1 amide bonds. The lowest BCUT2D eigenvalue weighted by Gasteiger charge is -2.29. The fourth-order valence-electron chi connectivity index (χ4n) is 2.97. The van der Waals surface area contributed by atoms with Gasteiger partial charge in [0.2, 0.25) is 11.6 Å². The van der Waals surface area contributed by atoms with Gasteiger partial charge in [-0.2, -0.15) is 0 Å². The highest BCUT2D eigenvalue weighted by atomic mass is 19.1. The summed E-state index contributed by atoms with van der Waals surface area (Å²) in [7, 11) is 1.45. The van der Waals surface area contributed by atoms with E-state index in [1.165, 1.54) is 13.2 Å². The monoisotopic (exact) mass is 400 g/mol. The first kappa shape index (κ1) is 20.6. The highest BCUT2D eigenvalue weighted by Crippen LogP contribution is 2.37. The van der Waals surface area contributed by atoms with Crippen LogP contribution in [0.15, 0.2) is 42.6 Å². The summed E-state index contributed by atoms with van der Waals surface area (Å²) in [6.45, 7) is 6.45. The summed E-state index contributed by atoms with van der Waals surface area (Å²) in [5.74, 6) is 0.0274. The number of halogens is 1. The van der Waals surface area contributed by atoms with Crippen LogP contribution in [0, 0.1) is 5.82 Å². The molecule has 7 heteroatoms. The van der Waals surface area contributed by atoms with E-state index >= 15 is 0 Å². The van der Waals surface area contributed by atoms with E-state index in [0.29, 0.717) is 19.5 Å². The summed E-state index contributed by atoms with van der Waals surface area (Å²) in [5.41, 5.74) is 1.19. The Bertz CT molecular complexity index is 921. The molecule has 0 aliphatic carbocycles. The van der Waals surface area contributed by atoms with Crippen molar-refractivity contribution in [2.45, 2.75) is 32.8 Å². The number of ether oxygens (including phenoxy) is 3. The Balaban J connectivity index is 1.81. The van der Waals surface area contributed by atoms with Crippen LogP contribution in [0.25, 0.3) is 5.57 Å². The maximum Gasteiger partial charge on any atom is 0.410 e. The third kappa shape index (κ3) is 5.04. The van der Waals surface area contributed by atoms with Gasteiger partial charge < -0.3 is 19.1 Å². The molecular formula is C22H25FN2O4. The van der Waals surface area contributed by atoms with E-state index in [4.69, 9.17) is 14.2 Å². The quantitative estimate of drug-likeness (QED) is 0.719. The van der Waals surface area contributed by atoms with E-state index in [1.54, 1.807) is 29.3 Å². The second-order valence-electron chi connectivity index (χ2n) is 7.64. The van der Waals surface area contributed by atoms with Crippen LogP contribution in [-0.2, 0) is 4.74 Å². The highest BCUT2D eigenvalue weighted by Gasteiger charge is 2.25. The van der Waals surface area contributed by atoms with Gasteiger partial charge in [0, 0.05) is 24.8 Å². The van der Waals surface area contributed by atoms with Gasteiger partial charge >= 0.3 is 6.09 Å². The molecule has 0 N–H and O–H groups in total. The standard InChI is InChI=1S/C22H25FN2O4/c1-22(2,3)29-21(26)25-13-10-15(11-14-25)16-7-6-12-24-20(16)28-19-17(23)8-5-9-18(19)27-4/h5-10,12H,11,13-14H2,1-4H3. The van der Waals surface area contributed by atoms with E-state index in [2.05, 4.69) is 4.98 Å². The van der Waals surface area contributed by atoms with Crippen LogP contribution in [0.2, 0.25) is 0 Å². The van der Waals surface area contributed by atoms with Crippen LogP contribution in [-0.4, -0.2) is 41.8 Å². The Labute approximate surface area is 169 Å². The number of para-hydroxylation sites is 1. The normalized spacial score (nSPS) is 14.2. The summed E-state index contributed by atoms with van der Waals surface area (Å²) < 4.78 is 30.7. The second-order valence-corrected chi connectivity index (χ2v) is 7.64. The fraction of sp³-hybridized carbons (Fsp3) is 0.364. The number of nitrogens with zero attached hydrogens (tertiary/aromatic N) is 2. The minimum absolute atomic E-state index is 0.0123. The van der Waals surface area contributed by atoms with Gasteiger partial charge in [0.1, 0.15) is 5.60 Å². The van der Waals surface area contributed by atoms with Gasteiger partial charge in [0.15, 0.2) is 11.6 Å². The molecule has 2 aromatic rings. The first-order chi connectivity index (χ1) is 13.8. The van der Waals surface area contributed by atoms with Crippen molar-refractivity contribution in [3.05, 3.63) is 54.0 Å². The molecule has 1 aromatic heterocycles. The Morgan fingerprint density at radius 3 is 2.66 bits per heavy atom. The second kappa shape index (κ2) is 8.51. The molecule has 0 bridgehead atoms. The average Bonchev–Trinajstić information content (AvgIpc) is 2.69. The van der Waals surface area contributed by atoms with Crippen molar-refractivity contribution in [1.82, 2.24) is 9.88 Å². The van der Waals surface area contributed by atoms with Crippen LogP contribution in [0.4, 0.5) is 9.18 Å². The van der Waals surface area contributed by atoms with Crippen LogP contribution in [0.3, 0.4) is 0 Å². The Hall–Kier alpha value is -3.09. The molecule has 0 saturated carbocycles. The first-order valence-electron chi connectivity index (χ1n) is 9.41. The number of methoxy groups -OCH3 is 1. The van der Waals surface area contributed by atoms with Crippen LogP contribution < -0.4 is 9.47 Å². The van der Waals surface area contributed by atoms with E-state index in [9.17, 15) is 9.18 Å². The molecule has 0 unspecified atom stereocenters. The predicted molar refractivity (Wildman–Crippen MR) is 108 cm³/mol. The predicted octanol–water partition coefficient (Wildman–Crippen LogP) is 5.05. The third-order valence-electron chi connectivity index (χ3n) is 4.33. The third-order valence-corrected chi connectivity index (χ3v) is 4.33. The number of carbonyl (C=O) groups is 1. The molecule has 6 nitrogen and oxygen atoms in total. The zero-order valence-corrected chi connectivity index (χ0v) is 17.1. The maximum absolute atomic E-state index is 14.3.